The highest BCUT2D eigenvalue weighted by Gasteiger charge is 2.24. The van der Waals surface area contributed by atoms with Crippen LogP contribution in [0.1, 0.15) is 118 Å². The number of aliphatic hydroxyl groups excluding tert-OH is 2. The second kappa shape index (κ2) is 26.8. The van der Waals surface area contributed by atoms with Gasteiger partial charge in [-0.1, -0.05) is 98.8 Å². The van der Waals surface area contributed by atoms with E-state index >= 15 is 0 Å². The zero-order valence-corrected chi connectivity index (χ0v) is 27.1. The Morgan fingerprint density at radius 1 is 0.632 bits per heavy atom. The Morgan fingerprint density at radius 3 is 1.55 bits per heavy atom. The molecule has 0 aliphatic rings. The van der Waals surface area contributed by atoms with Gasteiger partial charge >= 0.3 is 0 Å². The van der Waals surface area contributed by atoms with E-state index in [1.54, 1.807) is 0 Å². The monoisotopic (exact) mass is 555 g/mol. The molecule has 0 bridgehead atoms. The Labute approximate surface area is 238 Å². The number of hydrogen-bond acceptors (Lipinski definition) is 5. The average molecular weight is 556 g/mol. The van der Waals surface area contributed by atoms with E-state index < -0.39 is 20.3 Å². The summed E-state index contributed by atoms with van der Waals surface area (Å²) in [6.45, 7) is 15.5. The number of nitrogens with zero attached hydrogens (tertiary/aromatic N) is 1. The molecule has 0 aromatic rings. The third kappa shape index (κ3) is 21.4. The smallest absolute Gasteiger partial charge is 0.137 e. The summed E-state index contributed by atoms with van der Waals surface area (Å²) in [7, 11) is -1.45. The highest BCUT2D eigenvalue weighted by atomic mass is 28.3. The number of unbranched alkanes of at least 4 members (excludes halogenated alkanes) is 10. The van der Waals surface area contributed by atoms with Crippen LogP contribution in [-0.4, -0.2) is 81.5 Å². The van der Waals surface area contributed by atoms with Gasteiger partial charge in [0.25, 0.3) is 0 Å². The molecule has 0 unspecified atom stereocenters. The summed E-state index contributed by atoms with van der Waals surface area (Å²) in [6.07, 6.45) is 15.0. The van der Waals surface area contributed by atoms with Crippen LogP contribution in [0.5, 0.6) is 0 Å². The van der Waals surface area contributed by atoms with E-state index in [0.717, 1.165) is 13.1 Å². The quantitative estimate of drug-likeness (QED) is 0.0637. The first-order valence-corrected chi connectivity index (χ1v) is 18.8. The molecular weight excluding hydrogens is 490 g/mol. The number of rotatable bonds is 27. The van der Waals surface area contributed by atoms with Crippen LogP contribution in [0.2, 0.25) is 18.1 Å². The molecule has 2 atom stereocenters. The van der Waals surface area contributed by atoms with E-state index in [1.165, 1.54) is 95.2 Å². The van der Waals surface area contributed by atoms with Crippen molar-refractivity contribution in [3.8, 4) is 11.5 Å². The maximum absolute atomic E-state index is 10.6. The normalized spacial score (nSPS) is 13.5. The van der Waals surface area contributed by atoms with E-state index in [4.69, 9.17) is 9.47 Å². The van der Waals surface area contributed by atoms with Crippen molar-refractivity contribution in [2.24, 2.45) is 0 Å². The van der Waals surface area contributed by atoms with Crippen LogP contribution in [0.3, 0.4) is 0 Å². The van der Waals surface area contributed by atoms with Crippen LogP contribution in [-0.2, 0) is 9.47 Å². The molecule has 0 radical (unpaired) electrons. The predicted octanol–water partition coefficient (Wildman–Crippen LogP) is 7.21. The summed E-state index contributed by atoms with van der Waals surface area (Å²) in [5, 5.41) is 20.7. The van der Waals surface area contributed by atoms with Gasteiger partial charge in [-0.15, -0.1) is 11.5 Å². The lowest BCUT2D eigenvalue weighted by Gasteiger charge is -2.25. The fraction of sp³-hybridized carbons (Fsp3) is 0.938. The van der Waals surface area contributed by atoms with Gasteiger partial charge < -0.3 is 24.6 Å². The van der Waals surface area contributed by atoms with Gasteiger partial charge in [-0.2, -0.15) is 0 Å². The number of aliphatic hydroxyl groups is 2. The molecular formula is C32H65NO4Si. The molecule has 0 aromatic heterocycles. The minimum absolute atomic E-state index is 0.282. The van der Waals surface area contributed by atoms with Gasteiger partial charge in [-0.05, 0) is 44.1 Å². The lowest BCUT2D eigenvalue weighted by molar-refractivity contribution is -0.0226. The average Bonchev–Trinajstić information content (AvgIpc) is 2.92. The van der Waals surface area contributed by atoms with Gasteiger partial charge in [0.15, 0.2) is 0 Å². The SMILES string of the molecule is CCCCCCCCN(CCCCCCCC)C[C@H](O)COCCOC[C@H](O)CC#C[Si](CC)(CC)CC. The van der Waals surface area contributed by atoms with Gasteiger partial charge in [0, 0.05) is 13.0 Å². The summed E-state index contributed by atoms with van der Waals surface area (Å²) in [5.41, 5.74) is 3.52. The van der Waals surface area contributed by atoms with Crippen molar-refractivity contribution in [3.63, 3.8) is 0 Å². The first-order chi connectivity index (χ1) is 18.5. The fourth-order valence-electron chi connectivity index (χ4n) is 4.86. The molecule has 5 nitrogen and oxygen atoms in total. The second-order valence-corrected chi connectivity index (χ2v) is 16.1. The van der Waals surface area contributed by atoms with E-state index in [9.17, 15) is 10.2 Å². The fourth-order valence-corrected chi connectivity index (χ4v) is 7.37. The van der Waals surface area contributed by atoms with Crippen LogP contribution in [0.4, 0.5) is 0 Å². The summed E-state index contributed by atoms with van der Waals surface area (Å²) < 4.78 is 11.3. The van der Waals surface area contributed by atoms with Crippen molar-refractivity contribution in [3.05, 3.63) is 0 Å². The third-order valence-corrected chi connectivity index (χ3v) is 12.6. The van der Waals surface area contributed by atoms with Crippen molar-refractivity contribution in [1.29, 1.82) is 0 Å². The molecule has 2 N–H and O–H groups in total. The molecule has 38 heavy (non-hydrogen) atoms. The largest absolute Gasteiger partial charge is 0.390 e. The highest BCUT2D eigenvalue weighted by molar-refractivity contribution is 6.87. The number of hydrogen-bond donors (Lipinski definition) is 2. The van der Waals surface area contributed by atoms with Crippen LogP contribution in [0.15, 0.2) is 0 Å². The molecule has 0 aliphatic heterocycles. The van der Waals surface area contributed by atoms with Crippen molar-refractivity contribution in [2.45, 2.75) is 148 Å². The zero-order valence-electron chi connectivity index (χ0n) is 26.1. The van der Waals surface area contributed by atoms with Crippen LogP contribution < -0.4 is 0 Å². The maximum Gasteiger partial charge on any atom is 0.137 e. The summed E-state index contributed by atoms with van der Waals surface area (Å²) in [4.78, 5) is 2.44. The van der Waals surface area contributed by atoms with E-state index in [1.807, 2.05) is 0 Å². The van der Waals surface area contributed by atoms with Crippen molar-refractivity contribution in [2.75, 3.05) is 46.1 Å². The van der Waals surface area contributed by atoms with Crippen molar-refractivity contribution >= 4 is 8.07 Å². The Hall–Kier alpha value is -0.423. The standard InChI is InChI=1S/C32H65NO4Si/c1-6-11-13-15-17-19-23-33(24-20-18-16-14-12-7-2)28-32(35)30-37-26-25-36-29-31(34)22-21-27-38(8-3,9-4)10-5/h31-32,34-35H,6-20,22-26,28-30H2,1-5H3/t31-,32+/m1/s1. The third-order valence-electron chi connectivity index (χ3n) is 7.84. The molecule has 0 aliphatic carbocycles. The van der Waals surface area contributed by atoms with Gasteiger partial charge in [-0.3, -0.25) is 0 Å². The molecule has 0 amide bonds. The van der Waals surface area contributed by atoms with Crippen molar-refractivity contribution in [1.82, 2.24) is 4.90 Å². The van der Waals surface area contributed by atoms with E-state index in [2.05, 4.69) is 51.0 Å². The lowest BCUT2D eigenvalue weighted by Crippen LogP contribution is -2.36. The van der Waals surface area contributed by atoms with Gasteiger partial charge in [0.05, 0.1) is 38.6 Å². The van der Waals surface area contributed by atoms with Crippen LogP contribution in [0, 0.1) is 11.5 Å². The van der Waals surface area contributed by atoms with Gasteiger partial charge in [0.2, 0.25) is 0 Å². The molecule has 0 spiro atoms. The molecule has 0 fully saturated rings. The van der Waals surface area contributed by atoms with Crippen molar-refractivity contribution < 1.29 is 19.7 Å². The molecule has 0 aromatic carbocycles. The molecule has 0 saturated carbocycles. The minimum atomic E-state index is -1.45. The topological polar surface area (TPSA) is 62.2 Å². The minimum Gasteiger partial charge on any atom is -0.390 e. The second-order valence-electron chi connectivity index (χ2n) is 11.1. The zero-order chi connectivity index (χ0) is 28.3. The molecule has 0 rings (SSSR count). The van der Waals surface area contributed by atoms with Gasteiger partial charge in [-0.25, -0.2) is 0 Å². The van der Waals surface area contributed by atoms with E-state index in [-0.39, 0.29) is 6.61 Å². The first kappa shape index (κ1) is 37.6. The van der Waals surface area contributed by atoms with Gasteiger partial charge in [0.1, 0.15) is 8.07 Å². The maximum atomic E-state index is 10.6. The molecule has 0 heterocycles. The Bertz CT molecular complexity index is 537. The lowest BCUT2D eigenvalue weighted by atomic mass is 10.1. The van der Waals surface area contributed by atoms with Crippen LogP contribution in [0.25, 0.3) is 0 Å². The summed E-state index contributed by atoms with van der Waals surface area (Å²) in [6, 6.07) is 3.54. The summed E-state index contributed by atoms with van der Waals surface area (Å²) in [5.74, 6) is 3.23. The number of ether oxygens (including phenoxy) is 2. The van der Waals surface area contributed by atoms with Crippen LogP contribution >= 0.6 is 0 Å². The highest BCUT2D eigenvalue weighted by Crippen LogP contribution is 2.18. The molecule has 0 saturated heterocycles. The summed E-state index contributed by atoms with van der Waals surface area (Å²) >= 11 is 0. The Balaban J connectivity index is 4.16. The Kier molecular flexibility index (Phi) is 26.5. The predicted molar refractivity (Wildman–Crippen MR) is 166 cm³/mol. The molecule has 6 heteroatoms. The molecule has 226 valence electrons. The first-order valence-electron chi connectivity index (χ1n) is 16.2. The Morgan fingerprint density at radius 2 is 1.08 bits per heavy atom. The van der Waals surface area contributed by atoms with E-state index in [0.29, 0.717) is 32.8 Å².